The number of aromatic nitrogens is 1. The quantitative estimate of drug-likeness (QED) is 0.245. The number of para-hydroxylation sites is 1. The van der Waals surface area contributed by atoms with Gasteiger partial charge >= 0.3 is 0 Å². The van der Waals surface area contributed by atoms with Crippen molar-refractivity contribution in [1.82, 2.24) is 4.98 Å². The third-order valence-corrected chi connectivity index (χ3v) is 6.74. The molecule has 33 heavy (non-hydrogen) atoms. The Labute approximate surface area is 195 Å². The first-order valence-electron chi connectivity index (χ1n) is 12.6. The SMILES string of the molecule is [2H]C([2H])([2H])c1cc(-c2cccc3c2oc2cc4c5ccccc5c5ccccc5c4cc23)ncc1C. The molecule has 7 rings (SSSR count). The van der Waals surface area contributed by atoms with Crippen LogP contribution in [0.5, 0.6) is 0 Å². The zero-order valence-electron chi connectivity index (χ0n) is 21.0. The molecule has 2 heteroatoms. The minimum absolute atomic E-state index is 0.310. The molecule has 7 aromatic rings. The van der Waals surface area contributed by atoms with Crippen LogP contribution in [0.4, 0.5) is 0 Å². The van der Waals surface area contributed by atoms with E-state index in [1.54, 1.807) is 19.2 Å². The highest BCUT2D eigenvalue weighted by Gasteiger charge is 2.16. The molecule has 0 amide bonds. The van der Waals surface area contributed by atoms with Crippen LogP contribution in [0, 0.1) is 13.8 Å². The van der Waals surface area contributed by atoms with Crippen molar-refractivity contribution in [3.8, 4) is 11.3 Å². The van der Waals surface area contributed by atoms with Gasteiger partial charge in [-0.2, -0.15) is 0 Å². The van der Waals surface area contributed by atoms with Crippen LogP contribution in [0.15, 0.2) is 95.5 Å². The van der Waals surface area contributed by atoms with Crippen LogP contribution in [0.3, 0.4) is 0 Å². The van der Waals surface area contributed by atoms with Crippen molar-refractivity contribution in [3.05, 3.63) is 102 Å². The predicted octanol–water partition coefficient (Wildman–Crippen LogP) is 8.72. The molecule has 0 aliphatic rings. The standard InChI is InChI=1S/C31H21NO/c1-18-14-29(32-17-19(18)2)25-13-7-12-24-28-15-26-22-10-5-3-8-20(22)21-9-4-6-11-23(21)27(26)16-30(28)33-31(24)25/h3-17H,1-2H3/i1D3. The molecule has 0 radical (unpaired) electrons. The van der Waals surface area contributed by atoms with Crippen LogP contribution in [0.1, 0.15) is 15.2 Å². The largest absolute Gasteiger partial charge is 0.455 e. The summed E-state index contributed by atoms with van der Waals surface area (Å²) >= 11 is 0. The van der Waals surface area contributed by atoms with Crippen LogP contribution in [-0.2, 0) is 0 Å². The molecule has 0 N–H and O–H groups in total. The van der Waals surface area contributed by atoms with Gasteiger partial charge in [-0.15, -0.1) is 0 Å². The highest BCUT2D eigenvalue weighted by Crippen LogP contribution is 2.41. The van der Waals surface area contributed by atoms with E-state index in [0.717, 1.165) is 27.3 Å². The highest BCUT2D eigenvalue weighted by molar-refractivity contribution is 6.28. The molecule has 0 bridgehead atoms. The summed E-state index contributed by atoms with van der Waals surface area (Å²) in [7, 11) is 0. The van der Waals surface area contributed by atoms with E-state index in [4.69, 9.17) is 8.53 Å². The monoisotopic (exact) mass is 426 g/mol. The van der Waals surface area contributed by atoms with Gasteiger partial charge in [0, 0.05) is 26.6 Å². The normalized spacial score (nSPS) is 13.7. The summed E-state index contributed by atoms with van der Waals surface area (Å²) in [4.78, 5) is 4.57. The molecule has 0 saturated carbocycles. The third kappa shape index (κ3) is 2.58. The topological polar surface area (TPSA) is 26.0 Å². The Kier molecular flexibility index (Phi) is 3.15. The smallest absolute Gasteiger partial charge is 0.144 e. The minimum atomic E-state index is -2.20. The number of rotatable bonds is 1. The van der Waals surface area contributed by atoms with Gasteiger partial charge in [0.15, 0.2) is 0 Å². The first-order valence-corrected chi connectivity index (χ1v) is 11.1. The summed E-state index contributed by atoms with van der Waals surface area (Å²) in [6.45, 7) is -0.427. The van der Waals surface area contributed by atoms with Crippen molar-refractivity contribution in [2.75, 3.05) is 0 Å². The summed E-state index contributed by atoms with van der Waals surface area (Å²) in [5.74, 6) is 0. The molecule has 0 spiro atoms. The molecule has 0 unspecified atom stereocenters. The zero-order chi connectivity index (χ0) is 24.6. The predicted molar refractivity (Wildman–Crippen MR) is 139 cm³/mol. The van der Waals surface area contributed by atoms with Gasteiger partial charge in [0.2, 0.25) is 0 Å². The second-order valence-electron chi connectivity index (χ2n) is 8.65. The average molecular weight is 427 g/mol. The molecule has 0 aliphatic heterocycles. The fourth-order valence-corrected chi connectivity index (χ4v) is 5.07. The molecular weight excluding hydrogens is 402 g/mol. The Balaban J connectivity index is 1.58. The van der Waals surface area contributed by atoms with E-state index < -0.39 is 6.85 Å². The third-order valence-electron chi connectivity index (χ3n) is 6.74. The number of hydrogen-bond acceptors (Lipinski definition) is 2. The van der Waals surface area contributed by atoms with Crippen LogP contribution >= 0.6 is 0 Å². The fraction of sp³-hybridized carbons (Fsp3) is 0.0645. The van der Waals surface area contributed by atoms with Gasteiger partial charge in [-0.25, -0.2) is 0 Å². The van der Waals surface area contributed by atoms with Crippen molar-refractivity contribution in [2.45, 2.75) is 13.8 Å². The number of pyridine rings is 1. The molecule has 2 nitrogen and oxygen atoms in total. The Bertz CT molecular complexity index is 2000. The van der Waals surface area contributed by atoms with Gasteiger partial charge in [0.25, 0.3) is 0 Å². The van der Waals surface area contributed by atoms with E-state index in [9.17, 15) is 0 Å². The molecule has 0 atom stereocenters. The van der Waals surface area contributed by atoms with Gasteiger partial charge in [0.1, 0.15) is 11.2 Å². The summed E-state index contributed by atoms with van der Waals surface area (Å²) in [6, 6.07) is 29.0. The van der Waals surface area contributed by atoms with Gasteiger partial charge in [-0.05, 0) is 81.5 Å². The molecule has 0 fully saturated rings. The van der Waals surface area contributed by atoms with E-state index in [0.29, 0.717) is 22.4 Å². The maximum absolute atomic E-state index is 7.92. The van der Waals surface area contributed by atoms with E-state index in [-0.39, 0.29) is 0 Å². The second-order valence-corrected chi connectivity index (χ2v) is 8.65. The van der Waals surface area contributed by atoms with Gasteiger partial charge in [-0.3, -0.25) is 4.98 Å². The lowest BCUT2D eigenvalue weighted by atomic mass is 9.93. The molecule has 2 heterocycles. The van der Waals surface area contributed by atoms with Gasteiger partial charge < -0.3 is 4.42 Å². The Morgan fingerprint density at radius 3 is 1.97 bits per heavy atom. The van der Waals surface area contributed by atoms with Crippen molar-refractivity contribution < 1.29 is 8.53 Å². The molecular formula is C31H21NO. The number of furan rings is 1. The highest BCUT2D eigenvalue weighted by atomic mass is 16.3. The fourth-order valence-electron chi connectivity index (χ4n) is 5.07. The van der Waals surface area contributed by atoms with Crippen molar-refractivity contribution in [3.63, 3.8) is 0 Å². The Morgan fingerprint density at radius 1 is 0.636 bits per heavy atom. The van der Waals surface area contributed by atoms with Crippen molar-refractivity contribution >= 4 is 54.3 Å². The molecule has 0 aliphatic carbocycles. The maximum Gasteiger partial charge on any atom is 0.144 e. The summed E-state index contributed by atoms with van der Waals surface area (Å²) in [5, 5.41) is 9.20. The minimum Gasteiger partial charge on any atom is -0.455 e. The molecule has 5 aromatic carbocycles. The van der Waals surface area contributed by atoms with E-state index in [2.05, 4.69) is 71.7 Å². The summed E-state index contributed by atoms with van der Waals surface area (Å²) in [5.41, 5.74) is 3.85. The lowest BCUT2D eigenvalue weighted by Crippen LogP contribution is -1.88. The summed E-state index contributed by atoms with van der Waals surface area (Å²) in [6.07, 6.45) is 1.63. The molecule has 156 valence electrons. The molecule has 0 saturated heterocycles. The van der Waals surface area contributed by atoms with Crippen LogP contribution in [-0.4, -0.2) is 4.98 Å². The first kappa shape index (κ1) is 15.6. The van der Waals surface area contributed by atoms with Crippen molar-refractivity contribution in [1.29, 1.82) is 0 Å². The number of benzene rings is 5. The van der Waals surface area contributed by atoms with E-state index in [1.165, 1.54) is 26.9 Å². The first-order chi connectivity index (χ1) is 17.4. The van der Waals surface area contributed by atoms with Crippen LogP contribution < -0.4 is 0 Å². The van der Waals surface area contributed by atoms with E-state index in [1.807, 2.05) is 12.1 Å². The van der Waals surface area contributed by atoms with Crippen LogP contribution in [0.25, 0.3) is 65.5 Å². The number of hydrogen-bond donors (Lipinski definition) is 0. The second kappa shape index (κ2) is 6.66. The van der Waals surface area contributed by atoms with Crippen molar-refractivity contribution in [2.24, 2.45) is 0 Å². The maximum atomic E-state index is 7.92. The summed E-state index contributed by atoms with van der Waals surface area (Å²) < 4.78 is 30.2. The Morgan fingerprint density at radius 2 is 1.27 bits per heavy atom. The van der Waals surface area contributed by atoms with Gasteiger partial charge in [0.05, 0.1) is 5.69 Å². The van der Waals surface area contributed by atoms with E-state index >= 15 is 0 Å². The molecule has 2 aromatic heterocycles. The number of aryl methyl sites for hydroxylation is 2. The average Bonchev–Trinajstić information content (AvgIpc) is 3.25. The zero-order valence-corrected chi connectivity index (χ0v) is 18.0. The van der Waals surface area contributed by atoms with Crippen LogP contribution in [0.2, 0.25) is 0 Å². The number of fused-ring (bicyclic) bond motifs is 9. The lowest BCUT2D eigenvalue weighted by Gasteiger charge is -2.10. The van der Waals surface area contributed by atoms with Gasteiger partial charge in [-0.1, -0.05) is 60.7 Å². The number of nitrogens with zero attached hydrogens (tertiary/aromatic N) is 1. The Hall–Kier alpha value is -4.17. The lowest BCUT2D eigenvalue weighted by molar-refractivity contribution is 0.670.